The van der Waals surface area contributed by atoms with E-state index in [1.54, 1.807) is 6.21 Å². The number of furan rings is 1. The van der Waals surface area contributed by atoms with Crippen LogP contribution in [0.25, 0.3) is 33.5 Å². The molecular formula is C25H18N4O2S. The first-order chi connectivity index (χ1) is 15.7. The predicted octanol–water partition coefficient (Wildman–Crippen LogP) is 5.57. The predicted molar refractivity (Wildman–Crippen MR) is 129 cm³/mol. The van der Waals surface area contributed by atoms with Crippen molar-refractivity contribution in [2.24, 2.45) is 5.10 Å². The van der Waals surface area contributed by atoms with E-state index in [0.717, 1.165) is 27.3 Å². The Bertz CT molecular complexity index is 1410. The first-order valence-electron chi connectivity index (χ1n) is 9.91. The Hall–Kier alpha value is -4.23. The fourth-order valence-corrected chi connectivity index (χ4v) is 4.05. The Morgan fingerprint density at radius 3 is 2.41 bits per heavy atom. The summed E-state index contributed by atoms with van der Waals surface area (Å²) in [6.45, 7) is 0. The standard InChI is InChI=1S/C25H18N4O2S/c26-22-21-19(16-8-3-1-4-9-16)14-20(17-10-5-2-6-11-17)28-25(21)31-23(22)24(30)29-27-15-18-12-7-13-32-18/h1-15H,26H2,(H,29,30)/b27-15+. The molecule has 5 aromatic rings. The molecule has 32 heavy (non-hydrogen) atoms. The highest BCUT2D eigenvalue weighted by molar-refractivity contribution is 7.11. The Kier molecular flexibility index (Phi) is 5.23. The first kappa shape index (κ1) is 19.7. The maximum atomic E-state index is 12.7. The van der Waals surface area contributed by atoms with Gasteiger partial charge in [-0.15, -0.1) is 11.3 Å². The Labute approximate surface area is 188 Å². The summed E-state index contributed by atoms with van der Waals surface area (Å²) >= 11 is 1.52. The van der Waals surface area contributed by atoms with Crippen molar-refractivity contribution in [2.45, 2.75) is 0 Å². The number of amides is 1. The molecule has 7 heteroatoms. The van der Waals surface area contributed by atoms with Gasteiger partial charge in [0.2, 0.25) is 11.5 Å². The average molecular weight is 439 g/mol. The number of hydrogen-bond donors (Lipinski definition) is 2. The monoisotopic (exact) mass is 438 g/mol. The molecule has 0 aliphatic rings. The van der Waals surface area contributed by atoms with Crippen molar-refractivity contribution in [3.63, 3.8) is 0 Å². The summed E-state index contributed by atoms with van der Waals surface area (Å²) in [7, 11) is 0. The second-order valence-electron chi connectivity index (χ2n) is 7.03. The lowest BCUT2D eigenvalue weighted by Crippen LogP contribution is -2.18. The van der Waals surface area contributed by atoms with E-state index in [0.29, 0.717) is 11.1 Å². The molecule has 2 aromatic carbocycles. The van der Waals surface area contributed by atoms with Crippen molar-refractivity contribution in [3.8, 4) is 22.4 Å². The van der Waals surface area contributed by atoms with Crippen LogP contribution in [0, 0.1) is 0 Å². The van der Waals surface area contributed by atoms with Crippen LogP contribution in [0.2, 0.25) is 0 Å². The number of hydrazone groups is 1. The van der Waals surface area contributed by atoms with Gasteiger partial charge in [0.25, 0.3) is 0 Å². The van der Waals surface area contributed by atoms with Crippen LogP contribution < -0.4 is 11.2 Å². The first-order valence-corrected chi connectivity index (χ1v) is 10.8. The maximum absolute atomic E-state index is 12.7. The highest BCUT2D eigenvalue weighted by Gasteiger charge is 2.23. The van der Waals surface area contributed by atoms with Crippen molar-refractivity contribution < 1.29 is 9.21 Å². The number of carbonyl (C=O) groups excluding carboxylic acids is 1. The summed E-state index contributed by atoms with van der Waals surface area (Å²) in [5.74, 6) is -0.549. The van der Waals surface area contributed by atoms with Crippen LogP contribution >= 0.6 is 11.3 Å². The third kappa shape index (κ3) is 3.77. The number of nitrogens with one attached hydrogen (secondary N) is 1. The molecule has 0 atom stereocenters. The van der Waals surface area contributed by atoms with Gasteiger partial charge >= 0.3 is 5.91 Å². The van der Waals surface area contributed by atoms with Crippen molar-refractivity contribution in [3.05, 3.63) is 94.9 Å². The molecule has 156 valence electrons. The number of benzene rings is 2. The van der Waals surface area contributed by atoms with Crippen LogP contribution in [0.4, 0.5) is 5.69 Å². The summed E-state index contributed by atoms with van der Waals surface area (Å²) in [4.78, 5) is 18.3. The van der Waals surface area contributed by atoms with E-state index in [1.807, 2.05) is 84.2 Å². The molecule has 5 rings (SSSR count). The van der Waals surface area contributed by atoms with Gasteiger partial charge in [0, 0.05) is 10.4 Å². The van der Waals surface area contributed by atoms with Gasteiger partial charge in [-0.2, -0.15) is 5.10 Å². The number of aromatic nitrogens is 1. The number of nitrogens with zero attached hydrogens (tertiary/aromatic N) is 2. The van der Waals surface area contributed by atoms with Crippen molar-refractivity contribution in [1.29, 1.82) is 0 Å². The topological polar surface area (TPSA) is 93.5 Å². The van der Waals surface area contributed by atoms with Crippen molar-refractivity contribution >= 4 is 40.2 Å². The van der Waals surface area contributed by atoms with Gasteiger partial charge < -0.3 is 10.2 Å². The van der Waals surface area contributed by atoms with Crippen LogP contribution in [0.1, 0.15) is 15.4 Å². The molecule has 0 saturated heterocycles. The number of rotatable bonds is 5. The summed E-state index contributed by atoms with van der Waals surface area (Å²) in [5.41, 5.74) is 12.9. The lowest BCUT2D eigenvalue weighted by atomic mass is 9.99. The molecule has 3 heterocycles. The molecule has 0 aliphatic heterocycles. The molecule has 0 saturated carbocycles. The van der Waals surface area contributed by atoms with E-state index in [2.05, 4.69) is 15.5 Å². The molecular weight excluding hydrogens is 420 g/mol. The van der Waals surface area contributed by atoms with E-state index >= 15 is 0 Å². The van der Waals surface area contributed by atoms with Gasteiger partial charge in [0.15, 0.2) is 0 Å². The van der Waals surface area contributed by atoms with Gasteiger partial charge in [-0.25, -0.2) is 10.4 Å². The third-order valence-corrected chi connectivity index (χ3v) is 5.77. The zero-order chi connectivity index (χ0) is 21.9. The zero-order valence-corrected chi connectivity index (χ0v) is 17.7. The number of fused-ring (bicyclic) bond motifs is 1. The summed E-state index contributed by atoms with van der Waals surface area (Å²) in [6, 6.07) is 25.4. The molecule has 3 N–H and O–H groups in total. The molecule has 1 amide bonds. The second-order valence-corrected chi connectivity index (χ2v) is 8.01. The fourth-order valence-electron chi connectivity index (χ4n) is 3.46. The average Bonchev–Trinajstić information content (AvgIpc) is 3.47. The molecule has 0 aliphatic carbocycles. The quantitative estimate of drug-likeness (QED) is 0.277. The third-order valence-electron chi connectivity index (χ3n) is 4.96. The van der Waals surface area contributed by atoms with E-state index in [4.69, 9.17) is 10.2 Å². The molecule has 0 bridgehead atoms. The van der Waals surface area contributed by atoms with E-state index in [1.165, 1.54) is 11.3 Å². The highest BCUT2D eigenvalue weighted by Crippen LogP contribution is 2.38. The minimum Gasteiger partial charge on any atom is -0.430 e. The van der Waals surface area contributed by atoms with Crippen molar-refractivity contribution in [1.82, 2.24) is 10.4 Å². The SMILES string of the molecule is Nc1c(C(=O)N/N=C/c2cccs2)oc2nc(-c3ccccc3)cc(-c3ccccc3)c12. The van der Waals surface area contributed by atoms with Crippen LogP contribution in [0.5, 0.6) is 0 Å². The number of carbonyl (C=O) groups is 1. The molecule has 0 unspecified atom stereocenters. The largest absolute Gasteiger partial charge is 0.430 e. The normalized spacial score (nSPS) is 11.2. The number of anilines is 1. The van der Waals surface area contributed by atoms with Gasteiger partial charge in [-0.05, 0) is 28.6 Å². The lowest BCUT2D eigenvalue weighted by Gasteiger charge is -2.07. The van der Waals surface area contributed by atoms with Crippen LogP contribution in [-0.4, -0.2) is 17.1 Å². The Balaban J connectivity index is 1.60. The van der Waals surface area contributed by atoms with E-state index in [9.17, 15) is 4.79 Å². The second kappa shape index (κ2) is 8.49. The van der Waals surface area contributed by atoms with Crippen LogP contribution in [-0.2, 0) is 0 Å². The molecule has 0 spiro atoms. The molecule has 0 radical (unpaired) electrons. The minimum absolute atomic E-state index is 0.0155. The van der Waals surface area contributed by atoms with Crippen LogP contribution in [0.3, 0.4) is 0 Å². The van der Waals surface area contributed by atoms with E-state index in [-0.39, 0.29) is 11.4 Å². The number of thiophene rings is 1. The highest BCUT2D eigenvalue weighted by atomic mass is 32.1. The summed E-state index contributed by atoms with van der Waals surface area (Å²) in [5, 5.41) is 6.53. The number of pyridine rings is 1. The van der Waals surface area contributed by atoms with Gasteiger partial charge in [0.1, 0.15) is 0 Å². The zero-order valence-electron chi connectivity index (χ0n) is 16.9. The Morgan fingerprint density at radius 2 is 1.72 bits per heavy atom. The summed E-state index contributed by atoms with van der Waals surface area (Å²) in [6.07, 6.45) is 1.57. The van der Waals surface area contributed by atoms with Gasteiger partial charge in [-0.3, -0.25) is 4.79 Å². The summed E-state index contributed by atoms with van der Waals surface area (Å²) < 4.78 is 5.85. The smallest absolute Gasteiger partial charge is 0.309 e. The molecule has 6 nitrogen and oxygen atoms in total. The van der Waals surface area contributed by atoms with Gasteiger partial charge in [0.05, 0.1) is 23.0 Å². The molecule has 3 aromatic heterocycles. The number of hydrogen-bond acceptors (Lipinski definition) is 6. The van der Waals surface area contributed by atoms with Crippen LogP contribution in [0.15, 0.2) is 93.8 Å². The van der Waals surface area contributed by atoms with Crippen molar-refractivity contribution in [2.75, 3.05) is 5.73 Å². The van der Waals surface area contributed by atoms with E-state index < -0.39 is 5.91 Å². The lowest BCUT2D eigenvalue weighted by molar-refractivity contribution is 0.0930. The number of nitrogen functional groups attached to an aromatic ring is 1. The molecule has 0 fully saturated rings. The Morgan fingerprint density at radius 1 is 1.00 bits per heavy atom. The fraction of sp³-hybridized carbons (Fsp3) is 0. The van der Waals surface area contributed by atoms with Gasteiger partial charge in [-0.1, -0.05) is 66.7 Å². The minimum atomic E-state index is -0.534. The number of nitrogens with two attached hydrogens (primary N) is 1. The maximum Gasteiger partial charge on any atom is 0.309 e.